The molecule has 0 unspecified atom stereocenters. The number of carbonyl (C=O) groups excluding carboxylic acids is 1. The highest BCUT2D eigenvalue weighted by Gasteiger charge is 2.64. The number of primary amides is 1. The number of carbonyl (C=O) groups is 1. The van der Waals surface area contributed by atoms with Crippen LogP contribution in [-0.2, 0) is 21.3 Å². The summed E-state index contributed by atoms with van der Waals surface area (Å²) in [5, 5.41) is 0. The quantitative estimate of drug-likeness (QED) is 0.886. The highest BCUT2D eigenvalue weighted by atomic mass is 19.4. The Morgan fingerprint density at radius 3 is 2.36 bits per heavy atom. The zero-order chi connectivity index (χ0) is 16.0. The zero-order valence-electron chi connectivity index (χ0n) is 11.2. The second-order valence-corrected chi connectivity index (χ2v) is 4.93. The minimum absolute atomic E-state index is 0.340. The molecule has 1 aliphatic heterocycles. The maximum absolute atomic E-state index is 12.6. The van der Waals surface area contributed by atoms with Crippen LogP contribution in [0.4, 0.5) is 13.2 Å². The number of epoxide rings is 1. The van der Waals surface area contributed by atoms with Crippen LogP contribution < -0.4 is 5.73 Å². The maximum Gasteiger partial charge on any atom is 0.416 e. The first-order valence-electron chi connectivity index (χ1n) is 6.42. The summed E-state index contributed by atoms with van der Waals surface area (Å²) < 4.78 is 43.1. The fourth-order valence-corrected chi connectivity index (χ4v) is 2.39. The van der Waals surface area contributed by atoms with Gasteiger partial charge < -0.3 is 10.5 Å². The number of pyridine rings is 1. The lowest BCUT2D eigenvalue weighted by Gasteiger charge is -2.09. The summed E-state index contributed by atoms with van der Waals surface area (Å²) in [5.41, 5.74) is 4.01. The van der Waals surface area contributed by atoms with E-state index in [1.807, 2.05) is 0 Å². The van der Waals surface area contributed by atoms with Gasteiger partial charge in [0.1, 0.15) is 6.10 Å². The van der Waals surface area contributed by atoms with Crippen molar-refractivity contribution >= 4 is 5.91 Å². The van der Waals surface area contributed by atoms with E-state index in [9.17, 15) is 18.0 Å². The number of alkyl halides is 3. The number of amides is 1. The summed E-state index contributed by atoms with van der Waals surface area (Å²) >= 11 is 0. The Hall–Kier alpha value is -2.41. The van der Waals surface area contributed by atoms with Gasteiger partial charge in [0, 0.05) is 6.20 Å². The van der Waals surface area contributed by atoms with Gasteiger partial charge in [0.15, 0.2) is 0 Å². The van der Waals surface area contributed by atoms with Gasteiger partial charge in [-0.2, -0.15) is 13.2 Å². The van der Waals surface area contributed by atoms with Crippen LogP contribution in [0.5, 0.6) is 0 Å². The van der Waals surface area contributed by atoms with Crippen molar-refractivity contribution < 1.29 is 22.7 Å². The Kier molecular flexibility index (Phi) is 3.17. The first-order chi connectivity index (χ1) is 10.4. The Balaban J connectivity index is 1.93. The van der Waals surface area contributed by atoms with E-state index in [0.717, 1.165) is 12.1 Å². The van der Waals surface area contributed by atoms with E-state index in [1.54, 1.807) is 18.2 Å². The third-order valence-electron chi connectivity index (χ3n) is 3.57. The molecular weight excluding hydrogens is 297 g/mol. The van der Waals surface area contributed by atoms with Crippen molar-refractivity contribution in [2.24, 2.45) is 5.73 Å². The minimum atomic E-state index is -4.41. The predicted octanol–water partition coefficient (Wildman–Crippen LogP) is 2.55. The van der Waals surface area contributed by atoms with E-state index < -0.39 is 29.4 Å². The van der Waals surface area contributed by atoms with Gasteiger partial charge >= 0.3 is 6.18 Å². The lowest BCUT2D eigenvalue weighted by Crippen LogP contribution is -2.31. The molecule has 0 spiro atoms. The predicted molar refractivity (Wildman–Crippen MR) is 70.4 cm³/mol. The third kappa shape index (κ3) is 2.23. The van der Waals surface area contributed by atoms with Crippen LogP contribution in [0.1, 0.15) is 22.9 Å². The van der Waals surface area contributed by atoms with Crippen molar-refractivity contribution in [3.05, 3.63) is 65.5 Å². The topological polar surface area (TPSA) is 68.5 Å². The molecule has 1 aromatic carbocycles. The molecule has 3 rings (SSSR count). The molecule has 0 saturated carbocycles. The second kappa shape index (κ2) is 4.81. The van der Waals surface area contributed by atoms with Crippen LogP contribution in [0, 0.1) is 0 Å². The monoisotopic (exact) mass is 308 g/mol. The molecule has 22 heavy (non-hydrogen) atoms. The molecule has 2 aromatic rings. The molecule has 7 heteroatoms. The molecule has 0 aliphatic carbocycles. The number of rotatable bonds is 3. The summed E-state index contributed by atoms with van der Waals surface area (Å²) in [6.07, 6.45) is -3.65. The number of hydrogen-bond donors (Lipinski definition) is 1. The molecule has 2 N–H and O–H groups in total. The Labute approximate surface area is 123 Å². The van der Waals surface area contributed by atoms with Crippen LogP contribution in [0.15, 0.2) is 48.7 Å². The third-order valence-corrected chi connectivity index (χ3v) is 3.57. The van der Waals surface area contributed by atoms with E-state index in [2.05, 4.69) is 4.98 Å². The van der Waals surface area contributed by atoms with Crippen LogP contribution in [0.3, 0.4) is 0 Å². The van der Waals surface area contributed by atoms with Crippen molar-refractivity contribution in [3.63, 3.8) is 0 Å². The first-order valence-corrected chi connectivity index (χ1v) is 6.42. The lowest BCUT2D eigenvalue weighted by molar-refractivity contribution is -0.137. The molecule has 1 amide bonds. The lowest BCUT2D eigenvalue weighted by atomic mass is 9.94. The molecule has 0 radical (unpaired) electrons. The Bertz CT molecular complexity index is 701. The van der Waals surface area contributed by atoms with E-state index in [-0.39, 0.29) is 0 Å². The summed E-state index contributed by atoms with van der Waals surface area (Å²) in [6, 6.07) is 9.39. The number of halogens is 3. The van der Waals surface area contributed by atoms with E-state index in [4.69, 9.17) is 10.5 Å². The number of benzene rings is 1. The number of aromatic nitrogens is 1. The molecule has 0 bridgehead atoms. The molecular formula is C15H11F3N2O2. The van der Waals surface area contributed by atoms with Crippen LogP contribution in [0.2, 0.25) is 0 Å². The summed E-state index contributed by atoms with van der Waals surface area (Å²) in [4.78, 5) is 15.8. The Morgan fingerprint density at radius 2 is 1.86 bits per heavy atom. The molecule has 1 aliphatic rings. The summed E-state index contributed by atoms with van der Waals surface area (Å²) in [7, 11) is 0. The fourth-order valence-electron chi connectivity index (χ4n) is 2.39. The van der Waals surface area contributed by atoms with Crippen molar-refractivity contribution in [1.29, 1.82) is 0 Å². The van der Waals surface area contributed by atoms with Gasteiger partial charge in [-0.25, -0.2) is 0 Å². The van der Waals surface area contributed by atoms with Crippen molar-refractivity contribution in [1.82, 2.24) is 4.98 Å². The molecule has 1 aromatic heterocycles. The summed E-state index contributed by atoms with van der Waals surface area (Å²) in [5.74, 6) is -0.726. The van der Waals surface area contributed by atoms with Gasteiger partial charge in [-0.3, -0.25) is 9.78 Å². The smallest absolute Gasteiger partial charge is 0.367 e. The largest absolute Gasteiger partial charge is 0.416 e. The van der Waals surface area contributed by atoms with Crippen molar-refractivity contribution in [3.8, 4) is 0 Å². The molecule has 1 fully saturated rings. The molecule has 2 heterocycles. The van der Waals surface area contributed by atoms with Crippen LogP contribution in [0.25, 0.3) is 0 Å². The number of nitrogens with zero attached hydrogens (tertiary/aromatic N) is 1. The average Bonchev–Trinajstić information content (AvgIpc) is 3.24. The molecule has 2 atom stereocenters. The number of ether oxygens (including phenoxy) is 1. The molecule has 1 saturated heterocycles. The first kappa shape index (κ1) is 14.5. The Morgan fingerprint density at radius 1 is 1.18 bits per heavy atom. The van der Waals surface area contributed by atoms with Gasteiger partial charge in [0.25, 0.3) is 5.91 Å². The highest BCUT2D eigenvalue weighted by Crippen LogP contribution is 2.56. The number of nitrogens with two attached hydrogens (primary N) is 1. The highest BCUT2D eigenvalue weighted by molar-refractivity contribution is 5.88. The normalized spacial score (nSPS) is 24.0. The SMILES string of the molecule is NC(=O)[C@@]1(c2ccccn2)O[C@H]1c1ccc(C(F)(F)F)cc1. The van der Waals surface area contributed by atoms with Gasteiger partial charge in [-0.05, 0) is 29.8 Å². The van der Waals surface area contributed by atoms with Crippen molar-refractivity contribution in [2.75, 3.05) is 0 Å². The zero-order valence-corrected chi connectivity index (χ0v) is 11.2. The van der Waals surface area contributed by atoms with Gasteiger partial charge in [-0.1, -0.05) is 18.2 Å². The van der Waals surface area contributed by atoms with E-state index >= 15 is 0 Å². The molecule has 4 nitrogen and oxygen atoms in total. The van der Waals surface area contributed by atoms with Crippen LogP contribution in [-0.4, -0.2) is 10.9 Å². The molecule has 114 valence electrons. The summed E-state index contributed by atoms with van der Waals surface area (Å²) in [6.45, 7) is 0. The van der Waals surface area contributed by atoms with Crippen molar-refractivity contribution in [2.45, 2.75) is 17.9 Å². The van der Waals surface area contributed by atoms with E-state index in [1.165, 1.54) is 18.3 Å². The van der Waals surface area contributed by atoms with Gasteiger partial charge in [0.05, 0.1) is 11.3 Å². The maximum atomic E-state index is 12.6. The average molecular weight is 308 g/mol. The second-order valence-electron chi connectivity index (χ2n) is 4.93. The van der Waals surface area contributed by atoms with E-state index in [0.29, 0.717) is 11.3 Å². The standard InChI is InChI=1S/C15H11F3N2O2/c16-15(17,18)10-6-4-9(5-7-10)12-14(22-12,13(19)21)11-3-1-2-8-20-11/h1-8,12H,(H2,19,21)/t12-,14-/m0/s1. The van der Waals surface area contributed by atoms with Gasteiger partial charge in [-0.15, -0.1) is 0 Å². The minimum Gasteiger partial charge on any atom is -0.367 e. The van der Waals surface area contributed by atoms with Crippen LogP contribution >= 0.6 is 0 Å². The fraction of sp³-hybridized carbons (Fsp3) is 0.200. The number of hydrogen-bond acceptors (Lipinski definition) is 3. The van der Waals surface area contributed by atoms with Gasteiger partial charge in [0.2, 0.25) is 5.60 Å².